The van der Waals surface area contributed by atoms with E-state index in [9.17, 15) is 14.4 Å². The third kappa shape index (κ3) is 4.49. The molecular formula is C11H19N3O5. The van der Waals surface area contributed by atoms with Gasteiger partial charge in [-0.3, -0.25) is 14.5 Å². The minimum absolute atomic E-state index is 0.156. The first kappa shape index (κ1) is 15.4. The van der Waals surface area contributed by atoms with Crippen LogP contribution in [0.3, 0.4) is 0 Å². The Bertz CT molecular complexity index is 360. The van der Waals surface area contributed by atoms with Crippen LogP contribution in [0.2, 0.25) is 0 Å². The summed E-state index contributed by atoms with van der Waals surface area (Å²) in [7, 11) is 1.24. The summed E-state index contributed by atoms with van der Waals surface area (Å²) in [5.41, 5.74) is 5.28. The first-order chi connectivity index (χ1) is 8.95. The van der Waals surface area contributed by atoms with Gasteiger partial charge < -0.3 is 20.5 Å². The van der Waals surface area contributed by atoms with E-state index in [0.29, 0.717) is 13.2 Å². The summed E-state index contributed by atoms with van der Waals surface area (Å²) in [6.45, 7) is 2.55. The Kier molecular flexibility index (Phi) is 5.71. The quantitative estimate of drug-likeness (QED) is 0.552. The van der Waals surface area contributed by atoms with Crippen LogP contribution in [-0.2, 0) is 23.9 Å². The van der Waals surface area contributed by atoms with Crippen LogP contribution in [0.5, 0.6) is 0 Å². The lowest BCUT2D eigenvalue weighted by molar-refractivity contribution is -0.147. The number of amides is 2. The van der Waals surface area contributed by atoms with E-state index in [1.54, 1.807) is 4.90 Å². The third-order valence-electron chi connectivity index (χ3n) is 2.85. The SMILES string of the molecule is COC(=O)C(CN1CCOCC1C(N)=O)NC(C)=O. The summed E-state index contributed by atoms with van der Waals surface area (Å²) in [6, 6.07) is -1.43. The molecule has 1 fully saturated rings. The van der Waals surface area contributed by atoms with Crippen molar-refractivity contribution in [1.82, 2.24) is 10.2 Å². The predicted molar refractivity (Wildman–Crippen MR) is 65.0 cm³/mol. The minimum atomic E-state index is -0.831. The van der Waals surface area contributed by atoms with E-state index in [2.05, 4.69) is 10.1 Å². The van der Waals surface area contributed by atoms with Gasteiger partial charge in [0.05, 0.1) is 20.3 Å². The molecule has 1 aliphatic heterocycles. The van der Waals surface area contributed by atoms with E-state index in [0.717, 1.165) is 0 Å². The Morgan fingerprint density at radius 2 is 2.21 bits per heavy atom. The molecule has 108 valence electrons. The number of nitrogens with two attached hydrogens (primary N) is 1. The van der Waals surface area contributed by atoms with Gasteiger partial charge in [0.25, 0.3) is 0 Å². The predicted octanol–water partition coefficient (Wildman–Crippen LogP) is -2.15. The van der Waals surface area contributed by atoms with Crippen molar-refractivity contribution in [2.45, 2.75) is 19.0 Å². The number of methoxy groups -OCH3 is 1. The van der Waals surface area contributed by atoms with Crippen molar-refractivity contribution in [3.05, 3.63) is 0 Å². The fourth-order valence-electron chi connectivity index (χ4n) is 1.92. The lowest BCUT2D eigenvalue weighted by Gasteiger charge is -2.35. The van der Waals surface area contributed by atoms with Gasteiger partial charge in [-0.2, -0.15) is 0 Å². The number of nitrogens with one attached hydrogen (secondary N) is 1. The largest absolute Gasteiger partial charge is 0.467 e. The summed E-state index contributed by atoms with van der Waals surface area (Å²) >= 11 is 0. The number of morpholine rings is 1. The van der Waals surface area contributed by atoms with Gasteiger partial charge in [0, 0.05) is 20.0 Å². The van der Waals surface area contributed by atoms with Crippen LogP contribution in [0.4, 0.5) is 0 Å². The average molecular weight is 273 g/mol. The topological polar surface area (TPSA) is 111 Å². The zero-order valence-corrected chi connectivity index (χ0v) is 11.0. The van der Waals surface area contributed by atoms with Crippen molar-refractivity contribution in [2.75, 3.05) is 33.4 Å². The molecule has 0 aromatic carbocycles. The van der Waals surface area contributed by atoms with Crippen LogP contribution in [0.1, 0.15) is 6.92 Å². The first-order valence-corrected chi connectivity index (χ1v) is 5.91. The normalized spacial score (nSPS) is 21.5. The van der Waals surface area contributed by atoms with Crippen LogP contribution in [0, 0.1) is 0 Å². The highest BCUT2D eigenvalue weighted by atomic mass is 16.5. The number of carbonyl (C=O) groups excluding carboxylic acids is 3. The van der Waals surface area contributed by atoms with Crippen molar-refractivity contribution in [2.24, 2.45) is 5.73 Å². The van der Waals surface area contributed by atoms with Crippen LogP contribution in [-0.4, -0.2) is 68.2 Å². The fourth-order valence-corrected chi connectivity index (χ4v) is 1.92. The monoisotopic (exact) mass is 273 g/mol. The van der Waals surface area contributed by atoms with Crippen LogP contribution >= 0.6 is 0 Å². The molecule has 1 rings (SSSR count). The molecule has 0 aromatic rings. The van der Waals surface area contributed by atoms with E-state index in [1.807, 2.05) is 0 Å². The van der Waals surface area contributed by atoms with Crippen molar-refractivity contribution in [1.29, 1.82) is 0 Å². The van der Waals surface area contributed by atoms with Crippen molar-refractivity contribution in [3.8, 4) is 0 Å². The summed E-state index contributed by atoms with van der Waals surface area (Å²) < 4.78 is 9.80. The maximum Gasteiger partial charge on any atom is 0.329 e. The van der Waals surface area contributed by atoms with Gasteiger partial charge in [-0.1, -0.05) is 0 Å². The van der Waals surface area contributed by atoms with Gasteiger partial charge in [0.1, 0.15) is 12.1 Å². The zero-order chi connectivity index (χ0) is 14.4. The molecule has 0 aromatic heterocycles. The molecule has 2 atom stereocenters. The molecule has 0 aliphatic carbocycles. The molecule has 2 amide bonds. The standard InChI is InChI=1S/C11H19N3O5/c1-7(15)13-8(11(17)18-2)5-14-3-4-19-6-9(14)10(12)16/h8-9H,3-6H2,1-2H3,(H2,12,16)(H,13,15). The lowest BCUT2D eigenvalue weighted by Crippen LogP contribution is -2.58. The Morgan fingerprint density at radius 1 is 1.53 bits per heavy atom. The van der Waals surface area contributed by atoms with Crippen LogP contribution in [0.15, 0.2) is 0 Å². The summed E-state index contributed by atoms with van der Waals surface area (Å²) in [4.78, 5) is 35.7. The van der Waals surface area contributed by atoms with E-state index in [-0.39, 0.29) is 19.1 Å². The molecule has 3 N–H and O–H groups in total. The second-order valence-electron chi connectivity index (χ2n) is 4.26. The molecule has 0 bridgehead atoms. The number of nitrogens with zero attached hydrogens (tertiary/aromatic N) is 1. The number of esters is 1. The number of carbonyl (C=O) groups is 3. The molecule has 8 nitrogen and oxygen atoms in total. The first-order valence-electron chi connectivity index (χ1n) is 5.91. The second kappa shape index (κ2) is 7.05. The van der Waals surface area contributed by atoms with Crippen molar-refractivity contribution in [3.63, 3.8) is 0 Å². The maximum atomic E-state index is 11.6. The Hall–Kier alpha value is -1.67. The molecule has 8 heteroatoms. The highest BCUT2D eigenvalue weighted by molar-refractivity contribution is 5.84. The van der Waals surface area contributed by atoms with Gasteiger partial charge in [-0.25, -0.2) is 4.79 Å². The Morgan fingerprint density at radius 3 is 2.74 bits per heavy atom. The van der Waals surface area contributed by atoms with Gasteiger partial charge in [0.2, 0.25) is 11.8 Å². The second-order valence-corrected chi connectivity index (χ2v) is 4.26. The molecule has 0 spiro atoms. The van der Waals surface area contributed by atoms with E-state index < -0.39 is 24.0 Å². The molecule has 0 radical (unpaired) electrons. The highest BCUT2D eigenvalue weighted by Crippen LogP contribution is 2.08. The Labute approximate surface area is 111 Å². The van der Waals surface area contributed by atoms with Gasteiger partial charge >= 0.3 is 5.97 Å². The van der Waals surface area contributed by atoms with Gasteiger partial charge in [-0.15, -0.1) is 0 Å². The van der Waals surface area contributed by atoms with E-state index in [4.69, 9.17) is 10.5 Å². The summed E-state index contributed by atoms with van der Waals surface area (Å²) in [5.74, 6) is -1.43. The molecule has 2 unspecified atom stereocenters. The van der Waals surface area contributed by atoms with Gasteiger partial charge in [-0.05, 0) is 0 Å². The number of primary amides is 1. The number of hydrogen-bond donors (Lipinski definition) is 2. The molecule has 1 saturated heterocycles. The average Bonchev–Trinajstić information content (AvgIpc) is 2.36. The summed E-state index contributed by atoms with van der Waals surface area (Å²) in [5, 5.41) is 2.49. The number of rotatable bonds is 5. The maximum absolute atomic E-state index is 11.6. The molecule has 19 heavy (non-hydrogen) atoms. The summed E-state index contributed by atoms with van der Waals surface area (Å²) in [6.07, 6.45) is 0. The molecule has 1 aliphatic rings. The zero-order valence-electron chi connectivity index (χ0n) is 11.0. The van der Waals surface area contributed by atoms with Crippen molar-refractivity contribution < 1.29 is 23.9 Å². The third-order valence-corrected chi connectivity index (χ3v) is 2.85. The number of hydrogen-bond acceptors (Lipinski definition) is 6. The molecular weight excluding hydrogens is 254 g/mol. The van der Waals surface area contributed by atoms with Crippen molar-refractivity contribution >= 4 is 17.8 Å². The minimum Gasteiger partial charge on any atom is -0.467 e. The van der Waals surface area contributed by atoms with Crippen LogP contribution in [0.25, 0.3) is 0 Å². The number of ether oxygens (including phenoxy) is 2. The van der Waals surface area contributed by atoms with Gasteiger partial charge in [0.15, 0.2) is 0 Å². The molecule has 1 heterocycles. The smallest absolute Gasteiger partial charge is 0.329 e. The Balaban J connectivity index is 2.72. The van der Waals surface area contributed by atoms with Crippen LogP contribution < -0.4 is 11.1 Å². The fraction of sp³-hybridized carbons (Fsp3) is 0.727. The lowest BCUT2D eigenvalue weighted by atomic mass is 10.1. The molecule has 0 saturated carbocycles. The highest BCUT2D eigenvalue weighted by Gasteiger charge is 2.32. The van der Waals surface area contributed by atoms with E-state index in [1.165, 1.54) is 14.0 Å². The van der Waals surface area contributed by atoms with E-state index >= 15 is 0 Å².